The van der Waals surface area contributed by atoms with E-state index in [2.05, 4.69) is 4.98 Å². The third-order valence-electron chi connectivity index (χ3n) is 2.51. The van der Waals surface area contributed by atoms with Gasteiger partial charge in [-0.25, -0.2) is 0 Å². The third-order valence-corrected chi connectivity index (χ3v) is 2.51. The van der Waals surface area contributed by atoms with Gasteiger partial charge in [-0.1, -0.05) is 6.07 Å². The Balaban J connectivity index is 2.55. The summed E-state index contributed by atoms with van der Waals surface area (Å²) in [6.07, 6.45) is -4.34. The first kappa shape index (κ1) is 14.0. The maximum absolute atomic E-state index is 11.9. The molecule has 0 fully saturated rings. The Morgan fingerprint density at radius 3 is 2.53 bits per heavy atom. The minimum absolute atomic E-state index is 0.0798. The van der Waals surface area contributed by atoms with Crippen LogP contribution in [0.15, 0.2) is 12.3 Å². The van der Waals surface area contributed by atoms with Crippen LogP contribution in [0, 0.1) is 13.8 Å². The fraction of sp³-hybridized carbons (Fsp3) is 0.583. The summed E-state index contributed by atoms with van der Waals surface area (Å²) >= 11 is 0. The van der Waals surface area contributed by atoms with Crippen molar-refractivity contribution >= 4 is 0 Å². The first-order valence-electron chi connectivity index (χ1n) is 5.47. The van der Waals surface area contributed by atoms with Gasteiger partial charge >= 0.3 is 6.18 Å². The van der Waals surface area contributed by atoms with E-state index in [9.17, 15) is 18.3 Å². The Labute approximate surface area is 98.5 Å². The molecule has 1 heterocycles. The van der Waals surface area contributed by atoms with E-state index < -0.39 is 18.7 Å². The van der Waals surface area contributed by atoms with Gasteiger partial charge in [0, 0.05) is 12.6 Å². The van der Waals surface area contributed by atoms with Crippen LogP contribution in [0.3, 0.4) is 0 Å². The number of alkyl halides is 3. The Kier molecular flexibility index (Phi) is 4.51. The predicted molar refractivity (Wildman–Crippen MR) is 58.6 cm³/mol. The van der Waals surface area contributed by atoms with Crippen molar-refractivity contribution in [3.63, 3.8) is 0 Å². The van der Waals surface area contributed by atoms with Gasteiger partial charge in [-0.05, 0) is 37.8 Å². The second-order valence-corrected chi connectivity index (χ2v) is 4.24. The maximum atomic E-state index is 11.9. The summed E-state index contributed by atoms with van der Waals surface area (Å²) in [5.41, 5.74) is 2.25. The Bertz CT molecular complexity index is 377. The second-order valence-electron chi connectivity index (χ2n) is 4.24. The Hall–Kier alpha value is -1.10. The number of pyridine rings is 1. The molecule has 0 bridgehead atoms. The van der Waals surface area contributed by atoms with Crippen molar-refractivity contribution in [3.8, 4) is 0 Å². The second kappa shape index (κ2) is 5.49. The lowest BCUT2D eigenvalue weighted by Crippen LogP contribution is -2.09. The monoisotopic (exact) mass is 247 g/mol. The van der Waals surface area contributed by atoms with Crippen LogP contribution in [0.25, 0.3) is 0 Å². The highest BCUT2D eigenvalue weighted by atomic mass is 19.4. The molecular weight excluding hydrogens is 231 g/mol. The van der Waals surface area contributed by atoms with E-state index in [1.54, 1.807) is 13.1 Å². The molecular formula is C12H16F3NO. The zero-order valence-corrected chi connectivity index (χ0v) is 9.88. The summed E-state index contributed by atoms with van der Waals surface area (Å²) in [5.74, 6) is 0. The van der Waals surface area contributed by atoms with Gasteiger partial charge in [0.2, 0.25) is 0 Å². The molecule has 1 aromatic heterocycles. The Morgan fingerprint density at radius 2 is 2.00 bits per heavy atom. The largest absolute Gasteiger partial charge is 0.389 e. The van der Waals surface area contributed by atoms with Crippen LogP contribution >= 0.6 is 0 Å². The summed E-state index contributed by atoms with van der Waals surface area (Å²) in [6.45, 7) is 3.67. The number of nitrogens with zero attached hydrogens (tertiary/aromatic N) is 1. The van der Waals surface area contributed by atoms with Crippen LogP contribution < -0.4 is 0 Å². The van der Waals surface area contributed by atoms with E-state index >= 15 is 0 Å². The molecule has 0 amide bonds. The van der Waals surface area contributed by atoms with Crippen molar-refractivity contribution in [3.05, 3.63) is 29.1 Å². The number of aryl methyl sites for hydroxylation is 2. The van der Waals surface area contributed by atoms with Crippen molar-refractivity contribution in [1.29, 1.82) is 0 Å². The predicted octanol–water partition coefficient (Wildman–Crippen LogP) is 3.46. The molecule has 17 heavy (non-hydrogen) atoms. The van der Waals surface area contributed by atoms with E-state index in [0.29, 0.717) is 5.69 Å². The fourth-order valence-corrected chi connectivity index (χ4v) is 1.71. The van der Waals surface area contributed by atoms with E-state index in [1.807, 2.05) is 13.0 Å². The highest BCUT2D eigenvalue weighted by Gasteiger charge is 2.26. The Morgan fingerprint density at radius 1 is 1.35 bits per heavy atom. The number of halogens is 3. The van der Waals surface area contributed by atoms with Gasteiger partial charge in [0.1, 0.15) is 0 Å². The number of aliphatic hydroxyl groups is 1. The lowest BCUT2D eigenvalue weighted by molar-refractivity contribution is -0.136. The van der Waals surface area contributed by atoms with Crippen LogP contribution in [0.1, 0.15) is 42.2 Å². The van der Waals surface area contributed by atoms with E-state index in [-0.39, 0.29) is 12.8 Å². The van der Waals surface area contributed by atoms with Gasteiger partial charge in [0.15, 0.2) is 0 Å². The number of hydrogen-bond acceptors (Lipinski definition) is 2. The SMILES string of the molecule is Cc1cnc(C(O)CCCC(F)(F)F)c(C)c1. The average molecular weight is 247 g/mol. The van der Waals surface area contributed by atoms with Crippen molar-refractivity contribution < 1.29 is 18.3 Å². The number of rotatable bonds is 4. The molecule has 0 aliphatic heterocycles. The van der Waals surface area contributed by atoms with Crippen molar-refractivity contribution in [2.75, 3.05) is 0 Å². The molecule has 0 radical (unpaired) electrons. The average Bonchev–Trinajstić information content (AvgIpc) is 2.15. The quantitative estimate of drug-likeness (QED) is 0.883. The fourth-order valence-electron chi connectivity index (χ4n) is 1.71. The zero-order valence-electron chi connectivity index (χ0n) is 9.88. The lowest BCUT2D eigenvalue weighted by atomic mass is 10.0. The zero-order chi connectivity index (χ0) is 13.1. The summed E-state index contributed by atoms with van der Waals surface area (Å²) in [5, 5.41) is 9.76. The minimum atomic E-state index is -4.16. The normalized spacial score (nSPS) is 13.8. The van der Waals surface area contributed by atoms with Gasteiger partial charge in [-0.2, -0.15) is 13.2 Å². The molecule has 0 saturated heterocycles. The smallest absolute Gasteiger partial charge is 0.387 e. The standard InChI is InChI=1S/C12H16F3NO/c1-8-6-9(2)11(16-7-8)10(17)4-3-5-12(13,14)15/h6-7,10,17H,3-5H2,1-2H3. The molecule has 2 nitrogen and oxygen atoms in total. The molecule has 1 aromatic rings. The number of aliphatic hydroxyl groups excluding tert-OH is 1. The van der Waals surface area contributed by atoms with Crippen LogP contribution in [-0.2, 0) is 0 Å². The van der Waals surface area contributed by atoms with E-state index in [1.165, 1.54) is 0 Å². The molecule has 5 heteroatoms. The first-order chi connectivity index (χ1) is 7.79. The minimum Gasteiger partial charge on any atom is -0.387 e. The molecule has 1 N–H and O–H groups in total. The van der Waals surface area contributed by atoms with Gasteiger partial charge in [-0.15, -0.1) is 0 Å². The highest BCUT2D eigenvalue weighted by molar-refractivity contribution is 5.24. The van der Waals surface area contributed by atoms with Crippen molar-refractivity contribution in [2.45, 2.75) is 45.4 Å². The molecule has 1 rings (SSSR count). The molecule has 0 saturated carbocycles. The third kappa shape index (κ3) is 4.73. The molecule has 0 aliphatic rings. The van der Waals surface area contributed by atoms with Crippen molar-refractivity contribution in [1.82, 2.24) is 4.98 Å². The van der Waals surface area contributed by atoms with Crippen LogP contribution in [0.4, 0.5) is 13.2 Å². The summed E-state index contributed by atoms with van der Waals surface area (Å²) in [4.78, 5) is 4.06. The molecule has 0 aromatic carbocycles. The van der Waals surface area contributed by atoms with Crippen LogP contribution in [0.2, 0.25) is 0 Å². The van der Waals surface area contributed by atoms with Crippen LogP contribution in [-0.4, -0.2) is 16.3 Å². The maximum Gasteiger partial charge on any atom is 0.389 e. The highest BCUT2D eigenvalue weighted by Crippen LogP contribution is 2.26. The number of aromatic nitrogens is 1. The summed E-state index contributed by atoms with van der Waals surface area (Å²) in [6, 6.07) is 1.86. The van der Waals surface area contributed by atoms with Gasteiger partial charge in [0.25, 0.3) is 0 Å². The topological polar surface area (TPSA) is 33.1 Å². The van der Waals surface area contributed by atoms with Gasteiger partial charge < -0.3 is 5.11 Å². The lowest BCUT2D eigenvalue weighted by Gasteiger charge is -2.13. The van der Waals surface area contributed by atoms with Gasteiger partial charge in [-0.3, -0.25) is 4.98 Å². The van der Waals surface area contributed by atoms with Crippen LogP contribution in [0.5, 0.6) is 0 Å². The summed E-state index contributed by atoms with van der Waals surface area (Å²) in [7, 11) is 0. The van der Waals surface area contributed by atoms with E-state index in [4.69, 9.17) is 0 Å². The first-order valence-corrected chi connectivity index (χ1v) is 5.47. The van der Waals surface area contributed by atoms with Gasteiger partial charge in [0.05, 0.1) is 11.8 Å². The molecule has 0 spiro atoms. The van der Waals surface area contributed by atoms with Crippen molar-refractivity contribution in [2.24, 2.45) is 0 Å². The molecule has 1 atom stereocenters. The number of hydrogen-bond donors (Lipinski definition) is 1. The molecule has 1 unspecified atom stereocenters. The molecule has 0 aliphatic carbocycles. The van der Waals surface area contributed by atoms with E-state index in [0.717, 1.165) is 11.1 Å². The summed E-state index contributed by atoms with van der Waals surface area (Å²) < 4.78 is 35.8. The molecule has 96 valence electrons.